The van der Waals surface area contributed by atoms with Crippen molar-refractivity contribution in [2.24, 2.45) is 0 Å². The van der Waals surface area contributed by atoms with Gasteiger partial charge in [0.2, 0.25) is 0 Å². The van der Waals surface area contributed by atoms with Crippen LogP contribution in [-0.4, -0.2) is 0 Å². The van der Waals surface area contributed by atoms with E-state index < -0.39 is 0 Å². The number of para-hydroxylation sites is 2. The Morgan fingerprint density at radius 3 is 2.07 bits per heavy atom. The van der Waals surface area contributed by atoms with Gasteiger partial charge in [0.05, 0.1) is 11.4 Å². The zero-order chi connectivity index (χ0) is 9.38. The van der Waals surface area contributed by atoms with Gasteiger partial charge in [-0.05, 0) is 12.1 Å². The van der Waals surface area contributed by atoms with Crippen molar-refractivity contribution in [1.82, 2.24) is 0 Å². The lowest BCUT2D eigenvalue weighted by atomic mass is 10.2. The molecule has 0 saturated carbocycles. The number of hydrogen-bond acceptors (Lipinski definition) is 2. The van der Waals surface area contributed by atoms with Crippen LogP contribution in [0.1, 0.15) is 0 Å². The summed E-state index contributed by atoms with van der Waals surface area (Å²) in [6.45, 7) is 0. The summed E-state index contributed by atoms with van der Waals surface area (Å²) in [5.74, 6) is 1.45. The Morgan fingerprint density at radius 1 is 0.929 bits per heavy atom. The number of nitrogens with one attached hydrogen (secondary N) is 1. The third-order valence-corrected chi connectivity index (χ3v) is 2.11. The van der Waals surface area contributed by atoms with Crippen LogP contribution in [0.2, 0.25) is 0 Å². The highest BCUT2D eigenvalue weighted by Gasteiger charge is 2.14. The number of ether oxygens (including phenoxy) is 1. The van der Waals surface area contributed by atoms with Crippen LogP contribution in [0.25, 0.3) is 0 Å². The van der Waals surface area contributed by atoms with Crippen LogP contribution in [0, 0.1) is 12.1 Å². The van der Waals surface area contributed by atoms with Crippen molar-refractivity contribution >= 4 is 11.4 Å². The van der Waals surface area contributed by atoms with Gasteiger partial charge in [-0.2, -0.15) is 0 Å². The van der Waals surface area contributed by atoms with Gasteiger partial charge < -0.3 is 10.1 Å². The minimum atomic E-state index is 0.724. The Balaban J connectivity index is 2.12. The molecule has 1 heterocycles. The monoisotopic (exact) mass is 181 g/mol. The normalized spacial score (nSPS) is 12.0. The molecule has 0 fully saturated rings. The molecule has 14 heavy (non-hydrogen) atoms. The topological polar surface area (TPSA) is 21.3 Å². The van der Waals surface area contributed by atoms with Gasteiger partial charge in [-0.15, -0.1) is 0 Å². The average molecular weight is 181 g/mol. The summed E-state index contributed by atoms with van der Waals surface area (Å²) in [5.41, 5.74) is 1.89. The van der Waals surface area contributed by atoms with E-state index in [1.807, 2.05) is 36.4 Å². The molecule has 0 amide bonds. The maximum atomic E-state index is 5.60. The lowest BCUT2D eigenvalue weighted by Crippen LogP contribution is -2.02. The van der Waals surface area contributed by atoms with Crippen molar-refractivity contribution in [3.05, 3.63) is 48.5 Å². The van der Waals surface area contributed by atoms with Crippen molar-refractivity contribution in [2.45, 2.75) is 0 Å². The van der Waals surface area contributed by atoms with E-state index in [1.54, 1.807) is 0 Å². The fraction of sp³-hybridized carbons (Fsp3) is 0. The predicted molar refractivity (Wildman–Crippen MR) is 53.9 cm³/mol. The van der Waals surface area contributed by atoms with E-state index in [1.165, 1.54) is 0 Å². The van der Waals surface area contributed by atoms with Crippen molar-refractivity contribution in [3.8, 4) is 11.5 Å². The molecule has 0 aliphatic carbocycles. The van der Waals surface area contributed by atoms with Crippen molar-refractivity contribution in [1.29, 1.82) is 0 Å². The molecule has 0 spiro atoms. The molecule has 0 atom stereocenters. The first-order valence-corrected chi connectivity index (χ1v) is 4.40. The van der Waals surface area contributed by atoms with Gasteiger partial charge in [0, 0.05) is 12.1 Å². The number of fused-ring (bicyclic) bond motifs is 2. The smallest absolute Gasteiger partial charge is 0.158 e. The highest BCUT2D eigenvalue weighted by Crippen LogP contribution is 2.40. The van der Waals surface area contributed by atoms with E-state index in [0.717, 1.165) is 22.9 Å². The van der Waals surface area contributed by atoms with E-state index in [9.17, 15) is 0 Å². The van der Waals surface area contributed by atoms with Crippen LogP contribution >= 0.6 is 0 Å². The Morgan fingerprint density at radius 2 is 1.50 bits per heavy atom. The molecule has 0 unspecified atom stereocenters. The summed E-state index contributed by atoms with van der Waals surface area (Å²) in [6, 6.07) is 17.5. The Kier molecular flexibility index (Phi) is 1.47. The Hall–Kier alpha value is -1.96. The first kappa shape index (κ1) is 7.44. The van der Waals surface area contributed by atoms with Crippen molar-refractivity contribution in [2.75, 3.05) is 5.32 Å². The summed E-state index contributed by atoms with van der Waals surface area (Å²) in [4.78, 5) is 0. The molecular formula is C12H7NO. The van der Waals surface area contributed by atoms with Crippen LogP contribution < -0.4 is 10.1 Å². The molecular weight excluding hydrogens is 174 g/mol. The highest BCUT2D eigenvalue weighted by molar-refractivity contribution is 5.74. The quantitative estimate of drug-likeness (QED) is 0.575. The maximum absolute atomic E-state index is 5.60. The van der Waals surface area contributed by atoms with Gasteiger partial charge in [-0.1, -0.05) is 24.3 Å². The van der Waals surface area contributed by atoms with Crippen LogP contribution in [-0.2, 0) is 0 Å². The van der Waals surface area contributed by atoms with Gasteiger partial charge in [-0.3, -0.25) is 0 Å². The lowest BCUT2D eigenvalue weighted by Gasteiger charge is -2.20. The van der Waals surface area contributed by atoms with Gasteiger partial charge >= 0.3 is 0 Å². The highest BCUT2D eigenvalue weighted by atomic mass is 16.5. The second kappa shape index (κ2) is 2.77. The standard InChI is InChI=1S/C12H7NO/c1-3-7-11-9(5-1)13-10-6-2-4-8-12(10)14-11/h1-6,13H. The minimum Gasteiger partial charge on any atom is -0.452 e. The second-order valence-electron chi connectivity index (χ2n) is 3.05. The summed E-state index contributed by atoms with van der Waals surface area (Å²) < 4.78 is 5.60. The Bertz CT molecular complexity index is 392. The first-order chi connectivity index (χ1) is 6.93. The molecule has 1 aliphatic rings. The molecule has 1 N–H and O–H groups in total. The van der Waals surface area contributed by atoms with Crippen LogP contribution in [0.15, 0.2) is 36.4 Å². The summed E-state index contributed by atoms with van der Waals surface area (Å²) >= 11 is 0. The molecule has 2 nitrogen and oxygen atoms in total. The summed E-state index contributed by atoms with van der Waals surface area (Å²) in [6.07, 6.45) is 0. The van der Waals surface area contributed by atoms with E-state index >= 15 is 0 Å². The number of hydrogen-bond donors (Lipinski definition) is 1. The average Bonchev–Trinajstić information content (AvgIpc) is 2.26. The molecule has 2 aromatic rings. The van der Waals surface area contributed by atoms with E-state index in [-0.39, 0.29) is 0 Å². The fourth-order valence-electron chi connectivity index (χ4n) is 1.46. The first-order valence-electron chi connectivity index (χ1n) is 4.40. The molecule has 1 aliphatic heterocycles. The summed E-state index contributed by atoms with van der Waals surface area (Å²) in [5, 5.41) is 3.25. The van der Waals surface area contributed by atoms with Gasteiger partial charge in [0.25, 0.3) is 0 Å². The zero-order valence-corrected chi connectivity index (χ0v) is 7.37. The molecule has 66 valence electrons. The third kappa shape index (κ3) is 1.04. The van der Waals surface area contributed by atoms with E-state index in [0.29, 0.717) is 0 Å². The Labute approximate surface area is 82.1 Å². The summed E-state index contributed by atoms with van der Waals surface area (Å²) in [7, 11) is 0. The van der Waals surface area contributed by atoms with Crippen molar-refractivity contribution in [3.63, 3.8) is 0 Å². The minimum absolute atomic E-state index is 0.724. The number of anilines is 2. The fourth-order valence-corrected chi connectivity index (χ4v) is 1.46. The van der Waals surface area contributed by atoms with Gasteiger partial charge in [0.1, 0.15) is 0 Å². The van der Waals surface area contributed by atoms with Crippen LogP contribution in [0.5, 0.6) is 11.5 Å². The molecule has 2 radical (unpaired) electrons. The maximum Gasteiger partial charge on any atom is 0.158 e. The van der Waals surface area contributed by atoms with E-state index in [2.05, 4.69) is 17.4 Å². The van der Waals surface area contributed by atoms with Gasteiger partial charge in [0.15, 0.2) is 11.5 Å². The molecule has 0 saturated heterocycles. The largest absolute Gasteiger partial charge is 0.452 e. The van der Waals surface area contributed by atoms with Crippen LogP contribution in [0.3, 0.4) is 0 Å². The molecule has 0 aromatic heterocycles. The SMILES string of the molecule is [c]1cccc2c1Oc1[c]cccc1N2. The lowest BCUT2D eigenvalue weighted by molar-refractivity contribution is 0.479. The number of benzene rings is 2. The predicted octanol–water partition coefficient (Wildman–Crippen LogP) is 3.14. The van der Waals surface area contributed by atoms with Gasteiger partial charge in [-0.25, -0.2) is 0 Å². The molecule has 2 heteroatoms. The third-order valence-electron chi connectivity index (χ3n) is 2.11. The molecule has 0 bridgehead atoms. The molecule has 2 aromatic carbocycles. The molecule has 3 rings (SSSR count). The zero-order valence-electron chi connectivity index (χ0n) is 7.37. The second-order valence-corrected chi connectivity index (χ2v) is 3.05. The van der Waals surface area contributed by atoms with E-state index in [4.69, 9.17) is 4.74 Å². The number of rotatable bonds is 0. The van der Waals surface area contributed by atoms with Crippen LogP contribution in [0.4, 0.5) is 11.4 Å². The van der Waals surface area contributed by atoms with Crippen molar-refractivity contribution < 1.29 is 4.74 Å².